The average Bonchev–Trinajstić information content (AvgIpc) is 2.78. The molecule has 2 aromatic rings. The van der Waals surface area contributed by atoms with Gasteiger partial charge in [0.2, 0.25) is 5.91 Å². The van der Waals surface area contributed by atoms with Crippen LogP contribution in [-0.2, 0) is 11.3 Å². The number of urea groups is 1. The van der Waals surface area contributed by atoms with Crippen molar-refractivity contribution in [2.45, 2.75) is 32.4 Å². The first kappa shape index (κ1) is 22.9. The lowest BCUT2D eigenvalue weighted by Crippen LogP contribution is -2.56. The summed E-state index contributed by atoms with van der Waals surface area (Å²) in [6.07, 6.45) is 1.34. The predicted octanol–water partition coefficient (Wildman–Crippen LogP) is 3.80. The van der Waals surface area contributed by atoms with Gasteiger partial charge in [0, 0.05) is 43.4 Å². The first-order chi connectivity index (χ1) is 15.0. The minimum absolute atomic E-state index is 0.0653. The third-order valence-electron chi connectivity index (χ3n) is 5.31. The minimum atomic E-state index is -0.573. The maximum atomic E-state index is 13.0. The highest BCUT2D eigenvalue weighted by Crippen LogP contribution is 2.21. The van der Waals surface area contributed by atoms with Gasteiger partial charge in [0.05, 0.1) is 0 Å². The highest BCUT2D eigenvalue weighted by molar-refractivity contribution is 6.30. The number of anilines is 1. The number of hydrogen-bond acceptors (Lipinski definition) is 3. The monoisotopic (exact) mass is 446 g/mol. The van der Waals surface area contributed by atoms with E-state index in [2.05, 4.69) is 15.5 Å². The molecule has 1 fully saturated rings. The number of nitrogens with zero attached hydrogens (tertiary/aromatic N) is 2. The average molecular weight is 447 g/mol. The van der Waals surface area contributed by atoms with E-state index in [-0.39, 0.29) is 18.3 Å². The quantitative estimate of drug-likeness (QED) is 0.680. The molecule has 2 N–H and O–H groups in total. The van der Waals surface area contributed by atoms with Crippen molar-refractivity contribution in [1.82, 2.24) is 15.5 Å². The summed E-state index contributed by atoms with van der Waals surface area (Å²) >= 11 is 6.09. The Morgan fingerprint density at radius 1 is 1.10 bits per heavy atom. The van der Waals surface area contributed by atoms with E-state index in [9.17, 15) is 14.0 Å². The molecule has 1 aliphatic rings. The third-order valence-corrected chi connectivity index (χ3v) is 5.55. The number of hydrogen-bond donors (Lipinski definition) is 2. The minimum Gasteiger partial charge on any atom is -0.368 e. The Morgan fingerprint density at radius 2 is 1.81 bits per heavy atom. The van der Waals surface area contributed by atoms with Crippen molar-refractivity contribution in [3.8, 4) is 0 Å². The van der Waals surface area contributed by atoms with Gasteiger partial charge in [-0.2, -0.15) is 0 Å². The summed E-state index contributed by atoms with van der Waals surface area (Å²) in [5, 5.41) is 6.23. The highest BCUT2D eigenvalue weighted by atomic mass is 35.5. The topological polar surface area (TPSA) is 64.7 Å². The molecule has 0 bridgehead atoms. The van der Waals surface area contributed by atoms with Crippen LogP contribution in [0.5, 0.6) is 0 Å². The standard InChI is InChI=1S/C23H28ClFN4O2/c1-2-4-21(27-23(31)26-16-17-7-9-19(25)10-8-17)22(30)29-13-11-28(12-14-29)20-6-3-5-18(24)15-20/h3,5-10,15,21H,2,4,11-14,16H2,1H3,(H2,26,27,31). The first-order valence-corrected chi connectivity index (χ1v) is 10.9. The van der Waals surface area contributed by atoms with Gasteiger partial charge in [-0.25, -0.2) is 9.18 Å². The fourth-order valence-electron chi connectivity index (χ4n) is 3.62. The molecule has 166 valence electrons. The van der Waals surface area contributed by atoms with Crippen LogP contribution in [0.15, 0.2) is 48.5 Å². The number of piperazine rings is 1. The summed E-state index contributed by atoms with van der Waals surface area (Å²) in [4.78, 5) is 29.4. The molecular weight excluding hydrogens is 419 g/mol. The normalized spacial score (nSPS) is 14.8. The Balaban J connectivity index is 1.51. The fraction of sp³-hybridized carbons (Fsp3) is 0.391. The fourth-order valence-corrected chi connectivity index (χ4v) is 3.80. The van der Waals surface area contributed by atoms with Crippen molar-refractivity contribution >= 4 is 29.2 Å². The summed E-state index contributed by atoms with van der Waals surface area (Å²) in [5.41, 5.74) is 1.83. The second-order valence-corrected chi connectivity index (χ2v) is 8.02. The van der Waals surface area contributed by atoms with Gasteiger partial charge in [-0.15, -0.1) is 0 Å². The number of halogens is 2. The van der Waals surface area contributed by atoms with Crippen LogP contribution in [0, 0.1) is 5.82 Å². The lowest BCUT2D eigenvalue weighted by Gasteiger charge is -2.37. The molecule has 2 aromatic carbocycles. The zero-order chi connectivity index (χ0) is 22.2. The Bertz CT molecular complexity index is 885. The van der Waals surface area contributed by atoms with Gasteiger partial charge in [0.1, 0.15) is 11.9 Å². The van der Waals surface area contributed by atoms with E-state index in [1.807, 2.05) is 36.1 Å². The maximum absolute atomic E-state index is 13.0. The number of nitrogens with one attached hydrogen (secondary N) is 2. The van der Waals surface area contributed by atoms with Gasteiger partial charge >= 0.3 is 6.03 Å². The molecule has 8 heteroatoms. The largest absolute Gasteiger partial charge is 0.368 e. The van der Waals surface area contributed by atoms with Gasteiger partial charge in [-0.05, 0) is 42.3 Å². The van der Waals surface area contributed by atoms with Gasteiger partial charge in [-0.1, -0.05) is 43.1 Å². The molecule has 1 atom stereocenters. The van der Waals surface area contributed by atoms with E-state index >= 15 is 0 Å². The lowest BCUT2D eigenvalue weighted by molar-refractivity contribution is -0.133. The molecule has 3 amide bonds. The van der Waals surface area contributed by atoms with Crippen LogP contribution < -0.4 is 15.5 Å². The molecule has 1 heterocycles. The summed E-state index contributed by atoms with van der Waals surface area (Å²) in [5.74, 6) is -0.387. The summed E-state index contributed by atoms with van der Waals surface area (Å²) in [6.45, 7) is 4.84. The van der Waals surface area contributed by atoms with E-state index in [4.69, 9.17) is 11.6 Å². The van der Waals surface area contributed by atoms with E-state index in [1.54, 1.807) is 12.1 Å². The van der Waals surface area contributed by atoms with Crippen molar-refractivity contribution in [2.24, 2.45) is 0 Å². The molecule has 3 rings (SSSR count). The van der Waals surface area contributed by atoms with E-state index < -0.39 is 12.1 Å². The Hall–Kier alpha value is -2.80. The van der Waals surface area contributed by atoms with Gasteiger partial charge in [-0.3, -0.25) is 4.79 Å². The highest BCUT2D eigenvalue weighted by Gasteiger charge is 2.28. The third kappa shape index (κ3) is 6.59. The predicted molar refractivity (Wildman–Crippen MR) is 121 cm³/mol. The molecule has 1 unspecified atom stereocenters. The van der Waals surface area contributed by atoms with Crippen molar-refractivity contribution < 1.29 is 14.0 Å². The van der Waals surface area contributed by atoms with Crippen LogP contribution in [0.1, 0.15) is 25.3 Å². The Morgan fingerprint density at radius 3 is 2.45 bits per heavy atom. The SMILES string of the molecule is CCCC(NC(=O)NCc1ccc(F)cc1)C(=O)N1CCN(c2cccc(Cl)c2)CC1. The molecule has 1 saturated heterocycles. The molecule has 1 aliphatic heterocycles. The van der Waals surface area contributed by atoms with Crippen molar-refractivity contribution in [1.29, 1.82) is 0 Å². The molecule has 0 aromatic heterocycles. The van der Waals surface area contributed by atoms with Gasteiger partial charge in [0.15, 0.2) is 0 Å². The summed E-state index contributed by atoms with van der Waals surface area (Å²) in [7, 11) is 0. The van der Waals surface area contributed by atoms with Crippen molar-refractivity contribution in [3.05, 3.63) is 64.9 Å². The molecule has 31 heavy (non-hydrogen) atoms. The summed E-state index contributed by atoms with van der Waals surface area (Å²) < 4.78 is 13.0. The zero-order valence-electron chi connectivity index (χ0n) is 17.6. The Labute approximate surface area is 187 Å². The van der Waals surface area contributed by atoms with Crippen molar-refractivity contribution in [3.63, 3.8) is 0 Å². The molecule has 0 saturated carbocycles. The van der Waals surface area contributed by atoms with E-state index in [1.165, 1.54) is 12.1 Å². The van der Waals surface area contributed by atoms with Crippen LogP contribution in [0.4, 0.5) is 14.9 Å². The van der Waals surface area contributed by atoms with Crippen LogP contribution in [0.2, 0.25) is 5.02 Å². The zero-order valence-corrected chi connectivity index (χ0v) is 18.4. The van der Waals surface area contributed by atoms with Crippen LogP contribution in [0.3, 0.4) is 0 Å². The second kappa shape index (κ2) is 11.0. The molecule has 0 radical (unpaired) electrons. The maximum Gasteiger partial charge on any atom is 0.315 e. The molecule has 0 spiro atoms. The number of rotatable bonds is 7. The molecular formula is C23H28ClFN4O2. The van der Waals surface area contributed by atoms with Crippen LogP contribution in [0.25, 0.3) is 0 Å². The van der Waals surface area contributed by atoms with Gasteiger partial charge < -0.3 is 20.4 Å². The first-order valence-electron chi connectivity index (χ1n) is 10.5. The number of amides is 3. The second-order valence-electron chi connectivity index (χ2n) is 7.59. The van der Waals surface area contributed by atoms with E-state index in [0.717, 1.165) is 17.7 Å². The number of benzene rings is 2. The van der Waals surface area contributed by atoms with Gasteiger partial charge in [0.25, 0.3) is 0 Å². The molecule has 0 aliphatic carbocycles. The number of carbonyl (C=O) groups is 2. The van der Waals surface area contributed by atoms with Crippen molar-refractivity contribution in [2.75, 3.05) is 31.1 Å². The smallest absolute Gasteiger partial charge is 0.315 e. The lowest BCUT2D eigenvalue weighted by atomic mass is 10.1. The molecule has 6 nitrogen and oxygen atoms in total. The Kier molecular flexibility index (Phi) is 8.12. The summed E-state index contributed by atoms with van der Waals surface area (Å²) in [6, 6.07) is 12.6. The van der Waals surface area contributed by atoms with Crippen LogP contribution in [-0.4, -0.2) is 49.1 Å². The van der Waals surface area contributed by atoms with Crippen LogP contribution >= 0.6 is 11.6 Å². The van der Waals surface area contributed by atoms with E-state index in [0.29, 0.717) is 37.6 Å². The number of carbonyl (C=O) groups excluding carboxylic acids is 2.